The third-order valence-corrected chi connectivity index (χ3v) is 3.82. The van der Waals surface area contributed by atoms with E-state index >= 15 is 0 Å². The van der Waals surface area contributed by atoms with E-state index in [1.807, 2.05) is 26.0 Å². The van der Waals surface area contributed by atoms with Gasteiger partial charge in [0, 0.05) is 23.7 Å². The Balaban J connectivity index is 2.52. The highest BCUT2D eigenvalue weighted by Crippen LogP contribution is 2.28. The largest absolute Gasteiger partial charge is 0.339 e. The molecule has 1 amide bonds. The third-order valence-electron chi connectivity index (χ3n) is 3.59. The Morgan fingerprint density at radius 2 is 1.77 bits per heavy atom. The van der Waals surface area contributed by atoms with E-state index in [1.54, 1.807) is 35.2 Å². The fourth-order valence-electron chi connectivity index (χ4n) is 2.35. The van der Waals surface area contributed by atoms with E-state index in [2.05, 4.69) is 6.07 Å². The topological polar surface area (TPSA) is 44.1 Å². The number of halogens is 1. The fraction of sp³-hybridized carbons (Fsp3) is 0.222. The number of benzene rings is 2. The maximum absolute atomic E-state index is 12.7. The second-order valence-electron chi connectivity index (χ2n) is 4.86. The monoisotopic (exact) mass is 312 g/mol. The molecule has 0 aliphatic heterocycles. The van der Waals surface area contributed by atoms with Crippen LogP contribution < -0.4 is 0 Å². The van der Waals surface area contributed by atoms with Crippen molar-refractivity contribution in [2.75, 3.05) is 13.1 Å². The zero-order valence-electron chi connectivity index (χ0n) is 12.6. The number of carbonyl (C=O) groups excluding carboxylic acids is 1. The predicted octanol–water partition coefficient (Wildman–Crippen LogP) is 4.36. The summed E-state index contributed by atoms with van der Waals surface area (Å²) in [7, 11) is 0. The summed E-state index contributed by atoms with van der Waals surface area (Å²) >= 11 is 6.10. The number of nitriles is 1. The van der Waals surface area contributed by atoms with Crippen molar-refractivity contribution in [1.82, 2.24) is 4.90 Å². The van der Waals surface area contributed by atoms with Crippen molar-refractivity contribution in [2.45, 2.75) is 13.8 Å². The summed E-state index contributed by atoms with van der Waals surface area (Å²) in [6, 6.07) is 14.5. The minimum Gasteiger partial charge on any atom is -0.339 e. The summed E-state index contributed by atoms with van der Waals surface area (Å²) < 4.78 is 0. The van der Waals surface area contributed by atoms with Gasteiger partial charge in [0.1, 0.15) is 0 Å². The second kappa shape index (κ2) is 7.11. The Morgan fingerprint density at radius 3 is 2.32 bits per heavy atom. The summed E-state index contributed by atoms with van der Waals surface area (Å²) in [5, 5.41) is 9.47. The molecule has 0 heterocycles. The van der Waals surface area contributed by atoms with Gasteiger partial charge in [-0.25, -0.2) is 0 Å². The lowest BCUT2D eigenvalue weighted by atomic mass is 9.98. The molecule has 0 bridgehead atoms. The normalized spacial score (nSPS) is 10.1. The zero-order valence-corrected chi connectivity index (χ0v) is 13.4. The van der Waals surface area contributed by atoms with Gasteiger partial charge in [-0.2, -0.15) is 5.26 Å². The van der Waals surface area contributed by atoms with Gasteiger partial charge in [-0.15, -0.1) is 0 Å². The van der Waals surface area contributed by atoms with Crippen LogP contribution in [0.2, 0.25) is 5.02 Å². The number of hydrogen-bond acceptors (Lipinski definition) is 2. The number of hydrogen-bond donors (Lipinski definition) is 0. The van der Waals surface area contributed by atoms with E-state index in [0.717, 1.165) is 11.1 Å². The molecule has 22 heavy (non-hydrogen) atoms. The number of amides is 1. The average Bonchev–Trinajstić information content (AvgIpc) is 2.56. The smallest absolute Gasteiger partial charge is 0.254 e. The van der Waals surface area contributed by atoms with Gasteiger partial charge in [0.25, 0.3) is 5.91 Å². The van der Waals surface area contributed by atoms with Gasteiger partial charge in [-0.1, -0.05) is 23.7 Å². The Kier molecular flexibility index (Phi) is 5.19. The molecule has 0 aromatic heterocycles. The molecule has 0 spiro atoms. The summed E-state index contributed by atoms with van der Waals surface area (Å²) in [5.41, 5.74) is 2.87. The van der Waals surface area contributed by atoms with Crippen LogP contribution >= 0.6 is 11.6 Å². The van der Waals surface area contributed by atoms with Gasteiger partial charge < -0.3 is 4.90 Å². The molecule has 2 aromatic carbocycles. The lowest BCUT2D eigenvalue weighted by Gasteiger charge is -2.20. The summed E-state index contributed by atoms with van der Waals surface area (Å²) in [4.78, 5) is 14.4. The first-order valence-electron chi connectivity index (χ1n) is 7.20. The molecule has 0 atom stereocenters. The summed E-state index contributed by atoms with van der Waals surface area (Å²) in [5.74, 6) is -0.0129. The molecular weight excluding hydrogens is 296 g/mol. The molecule has 0 aliphatic carbocycles. The number of rotatable bonds is 4. The van der Waals surface area contributed by atoms with Crippen LogP contribution in [0.15, 0.2) is 42.5 Å². The van der Waals surface area contributed by atoms with Crippen LogP contribution in [0.25, 0.3) is 11.1 Å². The number of nitrogens with zero attached hydrogens (tertiary/aromatic N) is 2. The highest BCUT2D eigenvalue weighted by atomic mass is 35.5. The Morgan fingerprint density at radius 1 is 1.14 bits per heavy atom. The molecule has 0 N–H and O–H groups in total. The van der Waals surface area contributed by atoms with Crippen LogP contribution in [-0.4, -0.2) is 23.9 Å². The molecule has 0 aliphatic rings. The standard InChI is InChI=1S/C18H17ClN2O/c1-3-21(4-2)18(22)16-10-9-15(19)11-17(16)14-7-5-13(12-20)6-8-14/h5-11H,3-4H2,1-2H3. The van der Waals surface area contributed by atoms with Crippen molar-refractivity contribution >= 4 is 17.5 Å². The number of carbonyl (C=O) groups is 1. The molecule has 3 nitrogen and oxygen atoms in total. The quantitative estimate of drug-likeness (QED) is 0.842. The summed E-state index contributed by atoms with van der Waals surface area (Å²) in [6.45, 7) is 5.23. The molecule has 2 rings (SSSR count). The zero-order chi connectivity index (χ0) is 16.1. The van der Waals surface area contributed by atoms with E-state index in [0.29, 0.717) is 29.2 Å². The molecule has 0 fully saturated rings. The van der Waals surface area contributed by atoms with Gasteiger partial charge in [0.15, 0.2) is 0 Å². The lowest BCUT2D eigenvalue weighted by Crippen LogP contribution is -2.30. The Hall–Kier alpha value is -2.31. The second-order valence-corrected chi connectivity index (χ2v) is 5.29. The summed E-state index contributed by atoms with van der Waals surface area (Å²) in [6.07, 6.45) is 0. The lowest BCUT2D eigenvalue weighted by molar-refractivity contribution is 0.0774. The van der Waals surface area contributed by atoms with E-state index in [1.165, 1.54) is 0 Å². The molecule has 0 unspecified atom stereocenters. The van der Waals surface area contributed by atoms with Crippen LogP contribution in [0.4, 0.5) is 0 Å². The minimum atomic E-state index is -0.0129. The first-order valence-corrected chi connectivity index (χ1v) is 7.57. The van der Waals surface area contributed by atoms with Gasteiger partial charge in [0.2, 0.25) is 0 Å². The van der Waals surface area contributed by atoms with Crippen molar-refractivity contribution in [3.8, 4) is 17.2 Å². The SMILES string of the molecule is CCN(CC)C(=O)c1ccc(Cl)cc1-c1ccc(C#N)cc1. The van der Waals surface area contributed by atoms with Crippen molar-refractivity contribution in [1.29, 1.82) is 5.26 Å². The molecule has 0 saturated carbocycles. The van der Waals surface area contributed by atoms with E-state index < -0.39 is 0 Å². The van der Waals surface area contributed by atoms with E-state index in [-0.39, 0.29) is 5.91 Å². The Labute approximate surface area is 135 Å². The van der Waals surface area contributed by atoms with Crippen molar-refractivity contribution in [3.63, 3.8) is 0 Å². The van der Waals surface area contributed by atoms with Crippen molar-refractivity contribution in [3.05, 3.63) is 58.6 Å². The van der Waals surface area contributed by atoms with Gasteiger partial charge >= 0.3 is 0 Å². The van der Waals surface area contributed by atoms with Crippen LogP contribution in [0.3, 0.4) is 0 Å². The molecule has 4 heteroatoms. The first kappa shape index (κ1) is 16.1. The van der Waals surface area contributed by atoms with Gasteiger partial charge in [-0.3, -0.25) is 4.79 Å². The van der Waals surface area contributed by atoms with Crippen molar-refractivity contribution < 1.29 is 4.79 Å². The highest BCUT2D eigenvalue weighted by Gasteiger charge is 2.17. The van der Waals surface area contributed by atoms with Gasteiger partial charge in [-0.05, 0) is 55.3 Å². The van der Waals surface area contributed by atoms with Crippen LogP contribution in [0.5, 0.6) is 0 Å². The van der Waals surface area contributed by atoms with Gasteiger partial charge in [0.05, 0.1) is 11.6 Å². The molecule has 2 aromatic rings. The third kappa shape index (κ3) is 3.29. The molecule has 0 saturated heterocycles. The maximum Gasteiger partial charge on any atom is 0.254 e. The van der Waals surface area contributed by atoms with E-state index in [4.69, 9.17) is 16.9 Å². The Bertz CT molecular complexity index is 713. The van der Waals surface area contributed by atoms with Crippen LogP contribution in [0, 0.1) is 11.3 Å². The van der Waals surface area contributed by atoms with Crippen LogP contribution in [0.1, 0.15) is 29.8 Å². The van der Waals surface area contributed by atoms with Crippen LogP contribution in [-0.2, 0) is 0 Å². The predicted molar refractivity (Wildman–Crippen MR) is 88.9 cm³/mol. The molecule has 0 radical (unpaired) electrons. The molecular formula is C18H17ClN2O. The van der Waals surface area contributed by atoms with E-state index in [9.17, 15) is 4.79 Å². The highest BCUT2D eigenvalue weighted by molar-refractivity contribution is 6.31. The minimum absolute atomic E-state index is 0.0129. The first-order chi connectivity index (χ1) is 10.6. The molecule has 112 valence electrons. The fourth-order valence-corrected chi connectivity index (χ4v) is 2.52. The average molecular weight is 313 g/mol. The maximum atomic E-state index is 12.7. The van der Waals surface area contributed by atoms with Crippen molar-refractivity contribution in [2.24, 2.45) is 0 Å².